The molecule has 0 heterocycles. The Hall–Kier alpha value is -2.18. The molecule has 3 rings (SSSR count). The van der Waals surface area contributed by atoms with Crippen molar-refractivity contribution in [1.82, 2.24) is 0 Å². The summed E-state index contributed by atoms with van der Waals surface area (Å²) in [4.78, 5) is 12.6. The molecule has 0 bridgehead atoms. The molecule has 0 atom stereocenters. The van der Waals surface area contributed by atoms with E-state index in [9.17, 15) is 13.2 Å². The zero-order valence-electron chi connectivity index (χ0n) is 18.1. The SMILES string of the molecule is CCOC(=O)C(C)(C)c1ccc(-c2ccc(S(=O)(=O)CC3(COC)CC3)cc2)cc1. The van der Waals surface area contributed by atoms with E-state index in [0.29, 0.717) is 18.1 Å². The van der Waals surface area contributed by atoms with Crippen LogP contribution in [0.3, 0.4) is 0 Å². The molecular formula is C24H30O5S. The minimum atomic E-state index is -3.35. The first kappa shape index (κ1) is 22.5. The fourth-order valence-electron chi connectivity index (χ4n) is 3.66. The van der Waals surface area contributed by atoms with Crippen LogP contribution in [0, 0.1) is 5.41 Å². The molecule has 2 aromatic carbocycles. The molecule has 0 saturated heterocycles. The number of ether oxygens (including phenoxy) is 2. The first-order valence-electron chi connectivity index (χ1n) is 10.2. The molecule has 30 heavy (non-hydrogen) atoms. The van der Waals surface area contributed by atoms with Crippen molar-refractivity contribution in [2.24, 2.45) is 5.41 Å². The van der Waals surface area contributed by atoms with E-state index < -0.39 is 15.3 Å². The number of sulfone groups is 1. The van der Waals surface area contributed by atoms with Crippen LogP contribution in [0.5, 0.6) is 0 Å². The van der Waals surface area contributed by atoms with Gasteiger partial charge in [-0.2, -0.15) is 0 Å². The molecule has 1 fully saturated rings. The largest absolute Gasteiger partial charge is 0.465 e. The van der Waals surface area contributed by atoms with Crippen molar-refractivity contribution in [3.05, 3.63) is 54.1 Å². The summed E-state index contributed by atoms with van der Waals surface area (Å²) >= 11 is 0. The molecule has 1 aliphatic rings. The molecule has 0 N–H and O–H groups in total. The quantitative estimate of drug-likeness (QED) is 0.552. The van der Waals surface area contributed by atoms with E-state index in [0.717, 1.165) is 29.5 Å². The van der Waals surface area contributed by atoms with Gasteiger partial charge in [0.15, 0.2) is 9.84 Å². The molecular weight excluding hydrogens is 400 g/mol. The summed E-state index contributed by atoms with van der Waals surface area (Å²) in [5.41, 5.74) is 1.81. The Morgan fingerprint density at radius 2 is 1.53 bits per heavy atom. The lowest BCUT2D eigenvalue weighted by molar-refractivity contribution is -0.148. The lowest BCUT2D eigenvalue weighted by Crippen LogP contribution is -2.31. The minimum Gasteiger partial charge on any atom is -0.465 e. The molecule has 0 aromatic heterocycles. The average molecular weight is 431 g/mol. The monoisotopic (exact) mass is 430 g/mol. The maximum atomic E-state index is 12.8. The highest BCUT2D eigenvalue weighted by Gasteiger charge is 2.46. The van der Waals surface area contributed by atoms with Gasteiger partial charge in [0.25, 0.3) is 0 Å². The molecule has 0 aliphatic heterocycles. The Labute approximate surface area is 179 Å². The highest BCUT2D eigenvalue weighted by Crippen LogP contribution is 2.47. The van der Waals surface area contributed by atoms with Gasteiger partial charge in [-0.3, -0.25) is 4.79 Å². The van der Waals surface area contributed by atoms with Crippen LogP contribution in [-0.2, 0) is 29.5 Å². The minimum absolute atomic E-state index is 0.130. The summed E-state index contributed by atoms with van der Waals surface area (Å²) in [7, 11) is -1.74. The van der Waals surface area contributed by atoms with Crippen molar-refractivity contribution in [3.8, 4) is 11.1 Å². The van der Waals surface area contributed by atoms with E-state index in [1.54, 1.807) is 26.2 Å². The third-order valence-corrected chi connectivity index (χ3v) is 7.83. The second-order valence-corrected chi connectivity index (χ2v) is 10.6. The number of methoxy groups -OCH3 is 1. The molecule has 6 heteroatoms. The van der Waals surface area contributed by atoms with Crippen molar-refractivity contribution in [3.63, 3.8) is 0 Å². The highest BCUT2D eigenvalue weighted by atomic mass is 32.2. The predicted molar refractivity (Wildman–Crippen MR) is 117 cm³/mol. The molecule has 0 spiro atoms. The van der Waals surface area contributed by atoms with Gasteiger partial charge in [0.2, 0.25) is 0 Å². The van der Waals surface area contributed by atoms with Crippen LogP contribution < -0.4 is 0 Å². The lowest BCUT2D eigenvalue weighted by Gasteiger charge is -2.23. The lowest BCUT2D eigenvalue weighted by atomic mass is 9.84. The van der Waals surface area contributed by atoms with Gasteiger partial charge in [0, 0.05) is 12.5 Å². The number of esters is 1. The van der Waals surface area contributed by atoms with E-state index in [-0.39, 0.29) is 17.1 Å². The number of hydrogen-bond acceptors (Lipinski definition) is 5. The zero-order chi connectivity index (χ0) is 22.0. The molecule has 5 nitrogen and oxygen atoms in total. The van der Waals surface area contributed by atoms with Crippen molar-refractivity contribution in [1.29, 1.82) is 0 Å². The highest BCUT2D eigenvalue weighted by molar-refractivity contribution is 7.91. The van der Waals surface area contributed by atoms with Gasteiger partial charge in [0.05, 0.1) is 29.3 Å². The number of benzene rings is 2. The topological polar surface area (TPSA) is 69.7 Å². The fraction of sp³-hybridized carbons (Fsp3) is 0.458. The molecule has 1 aliphatic carbocycles. The molecule has 0 amide bonds. The third-order valence-electron chi connectivity index (χ3n) is 5.84. The van der Waals surface area contributed by atoms with Crippen molar-refractivity contribution in [2.75, 3.05) is 26.1 Å². The summed E-state index contributed by atoms with van der Waals surface area (Å²) in [5, 5.41) is 0. The van der Waals surface area contributed by atoms with E-state index in [1.807, 2.05) is 50.2 Å². The van der Waals surface area contributed by atoms with Crippen LogP contribution in [0.4, 0.5) is 0 Å². The van der Waals surface area contributed by atoms with Crippen molar-refractivity contribution in [2.45, 2.75) is 43.9 Å². The van der Waals surface area contributed by atoms with Gasteiger partial charge >= 0.3 is 5.97 Å². The Balaban J connectivity index is 1.76. The molecule has 162 valence electrons. The number of carbonyl (C=O) groups is 1. The summed E-state index contributed by atoms with van der Waals surface area (Å²) < 4.78 is 35.9. The van der Waals surface area contributed by atoms with Crippen molar-refractivity contribution >= 4 is 15.8 Å². The van der Waals surface area contributed by atoms with Crippen LogP contribution in [0.25, 0.3) is 11.1 Å². The first-order valence-corrected chi connectivity index (χ1v) is 11.9. The maximum absolute atomic E-state index is 12.8. The van der Waals surface area contributed by atoms with Crippen LogP contribution in [0.1, 0.15) is 39.2 Å². The summed E-state index contributed by atoms with van der Waals surface area (Å²) in [6, 6.07) is 14.7. The number of rotatable bonds is 9. The smallest absolute Gasteiger partial charge is 0.315 e. The van der Waals surface area contributed by atoms with Gasteiger partial charge in [0.1, 0.15) is 0 Å². The Morgan fingerprint density at radius 1 is 1.00 bits per heavy atom. The summed E-state index contributed by atoms with van der Waals surface area (Å²) in [6.45, 7) is 6.32. The number of hydrogen-bond donors (Lipinski definition) is 0. The maximum Gasteiger partial charge on any atom is 0.315 e. The second kappa shape index (κ2) is 8.52. The van der Waals surface area contributed by atoms with Gasteiger partial charge in [-0.1, -0.05) is 36.4 Å². The van der Waals surface area contributed by atoms with E-state index in [1.165, 1.54) is 0 Å². The van der Waals surface area contributed by atoms with Gasteiger partial charge in [-0.15, -0.1) is 0 Å². The number of carbonyl (C=O) groups excluding carboxylic acids is 1. The van der Waals surface area contributed by atoms with Crippen LogP contribution in [-0.4, -0.2) is 40.5 Å². The van der Waals surface area contributed by atoms with Crippen LogP contribution in [0.2, 0.25) is 0 Å². The standard InChI is InChI=1S/C24H30O5S/c1-5-29-22(25)23(2,3)20-10-6-18(7-11-20)19-8-12-21(13-9-19)30(26,27)17-24(14-15-24)16-28-4/h6-13H,5,14-17H2,1-4H3. The molecule has 1 saturated carbocycles. The predicted octanol–water partition coefficient (Wildman–Crippen LogP) is 4.39. The van der Waals surface area contributed by atoms with Crippen LogP contribution in [0.15, 0.2) is 53.4 Å². The first-order chi connectivity index (χ1) is 14.1. The van der Waals surface area contributed by atoms with E-state index in [2.05, 4.69) is 0 Å². The van der Waals surface area contributed by atoms with E-state index in [4.69, 9.17) is 9.47 Å². The van der Waals surface area contributed by atoms with Crippen molar-refractivity contribution < 1.29 is 22.7 Å². The molecule has 0 radical (unpaired) electrons. The summed E-state index contributed by atoms with van der Waals surface area (Å²) in [6.07, 6.45) is 1.79. The Morgan fingerprint density at radius 3 is 2.00 bits per heavy atom. The zero-order valence-corrected chi connectivity index (χ0v) is 18.9. The van der Waals surface area contributed by atoms with Gasteiger partial charge in [-0.25, -0.2) is 8.42 Å². The van der Waals surface area contributed by atoms with Gasteiger partial charge < -0.3 is 9.47 Å². The summed E-state index contributed by atoms with van der Waals surface area (Å²) in [5.74, 6) is -0.126. The molecule has 2 aromatic rings. The Bertz CT molecular complexity index is 985. The Kier molecular flexibility index (Phi) is 6.39. The van der Waals surface area contributed by atoms with E-state index >= 15 is 0 Å². The van der Waals surface area contributed by atoms with Gasteiger partial charge in [-0.05, 0) is 62.4 Å². The fourth-order valence-corrected chi connectivity index (χ4v) is 5.56. The third kappa shape index (κ3) is 4.76. The molecule has 0 unspecified atom stereocenters. The van der Waals surface area contributed by atoms with Crippen LogP contribution >= 0.6 is 0 Å². The normalized spacial score (nSPS) is 15.6. The average Bonchev–Trinajstić information content (AvgIpc) is 3.47. The second-order valence-electron chi connectivity index (χ2n) is 8.64.